The Bertz CT molecular complexity index is 533. The van der Waals surface area contributed by atoms with Crippen molar-refractivity contribution in [1.82, 2.24) is 10.9 Å². The molecule has 21 heavy (non-hydrogen) atoms. The first kappa shape index (κ1) is 17.7. The number of thiophene rings is 1. The van der Waals surface area contributed by atoms with Crippen molar-refractivity contribution in [3.63, 3.8) is 0 Å². The van der Waals surface area contributed by atoms with Crippen LogP contribution in [0, 0.1) is 0 Å². The van der Waals surface area contributed by atoms with Crippen molar-refractivity contribution in [3.05, 3.63) is 11.1 Å². The van der Waals surface area contributed by atoms with Crippen LogP contribution in [0.2, 0.25) is 0 Å². The highest BCUT2D eigenvalue weighted by Gasteiger charge is 2.14. The number of rotatable bonds is 6. The van der Waals surface area contributed by atoms with Crippen LogP contribution in [0.4, 0.5) is 0 Å². The number of carbonyl (C=O) groups is 2. The quantitative estimate of drug-likeness (QED) is 0.470. The number of nitrogens with one attached hydrogen (secondary N) is 2. The summed E-state index contributed by atoms with van der Waals surface area (Å²) in [6, 6.07) is 0. The first-order chi connectivity index (χ1) is 9.99. The van der Waals surface area contributed by atoms with Gasteiger partial charge in [-0.3, -0.25) is 9.59 Å². The monoisotopic (exact) mass is 344 g/mol. The third-order valence-corrected chi connectivity index (χ3v) is 5.61. The van der Waals surface area contributed by atoms with Crippen LogP contribution in [-0.2, 0) is 9.59 Å². The molecule has 0 aliphatic rings. The summed E-state index contributed by atoms with van der Waals surface area (Å²) in [5.74, 6) is -0.462. The minimum absolute atomic E-state index is 0.231. The molecule has 0 aliphatic carbocycles. The lowest BCUT2D eigenvalue weighted by molar-refractivity contribution is -0.119. The van der Waals surface area contributed by atoms with Gasteiger partial charge in [-0.25, -0.2) is 10.9 Å². The lowest BCUT2D eigenvalue weighted by Gasteiger charge is -1.98. The van der Waals surface area contributed by atoms with Crippen molar-refractivity contribution < 1.29 is 9.59 Å². The lowest BCUT2D eigenvalue weighted by Crippen LogP contribution is -2.13. The Hall–Kier alpha value is -1.32. The van der Waals surface area contributed by atoms with Gasteiger partial charge in [-0.05, 0) is 12.5 Å². The van der Waals surface area contributed by atoms with E-state index in [-0.39, 0.29) is 11.8 Å². The number of hydrogen-bond donors (Lipinski definition) is 2. The first-order valence-electron chi connectivity index (χ1n) is 5.83. The molecule has 6 nitrogen and oxygen atoms in total. The number of nitrogens with zero attached hydrogens (tertiary/aromatic N) is 2. The summed E-state index contributed by atoms with van der Waals surface area (Å²) in [5, 5.41) is 7.82. The number of carbonyl (C=O) groups excluding carboxylic acids is 2. The summed E-state index contributed by atoms with van der Waals surface area (Å²) in [7, 11) is 0. The fourth-order valence-corrected chi connectivity index (χ4v) is 4.14. The van der Waals surface area contributed by atoms with Gasteiger partial charge in [-0.2, -0.15) is 10.2 Å². The van der Waals surface area contributed by atoms with Crippen LogP contribution in [0.15, 0.2) is 18.6 Å². The van der Waals surface area contributed by atoms with Crippen LogP contribution in [0.1, 0.15) is 25.0 Å². The van der Waals surface area contributed by atoms with Crippen molar-refractivity contribution in [2.75, 3.05) is 12.5 Å². The number of amides is 2. The molecular formula is C12H16N4O2S3. The number of hydrazone groups is 2. The molecule has 1 rings (SSSR count). The van der Waals surface area contributed by atoms with E-state index in [1.54, 1.807) is 47.3 Å². The molecule has 0 saturated heterocycles. The van der Waals surface area contributed by atoms with Gasteiger partial charge in [0, 0.05) is 25.0 Å². The van der Waals surface area contributed by atoms with E-state index in [0.717, 1.165) is 19.5 Å². The second kappa shape index (κ2) is 8.85. The third kappa shape index (κ3) is 5.52. The zero-order valence-electron chi connectivity index (χ0n) is 12.1. The largest absolute Gasteiger partial charge is 0.274 e. The van der Waals surface area contributed by atoms with Crippen LogP contribution < -0.4 is 10.9 Å². The molecule has 114 valence electrons. The zero-order valence-corrected chi connectivity index (χ0v) is 14.5. The first-order valence-corrected chi connectivity index (χ1v) is 9.10. The molecule has 1 aromatic rings. The van der Waals surface area contributed by atoms with Gasteiger partial charge in [0.15, 0.2) is 0 Å². The van der Waals surface area contributed by atoms with Gasteiger partial charge in [-0.15, -0.1) is 34.9 Å². The average Bonchev–Trinajstić information content (AvgIpc) is 2.76. The van der Waals surface area contributed by atoms with Crippen molar-refractivity contribution >= 4 is 59.1 Å². The number of hydrogen-bond acceptors (Lipinski definition) is 7. The van der Waals surface area contributed by atoms with Crippen molar-refractivity contribution in [3.8, 4) is 0 Å². The van der Waals surface area contributed by atoms with E-state index in [0.29, 0.717) is 0 Å². The maximum atomic E-state index is 10.9. The zero-order chi connectivity index (χ0) is 15.8. The highest BCUT2D eigenvalue weighted by Crippen LogP contribution is 2.38. The predicted octanol–water partition coefficient (Wildman–Crippen LogP) is 2.13. The molecule has 9 heteroatoms. The molecule has 2 amide bonds. The van der Waals surface area contributed by atoms with Gasteiger partial charge in [0.1, 0.15) is 0 Å². The average molecular weight is 344 g/mol. The summed E-state index contributed by atoms with van der Waals surface area (Å²) >= 11 is 4.82. The lowest BCUT2D eigenvalue weighted by atomic mass is 10.2. The highest BCUT2D eigenvalue weighted by atomic mass is 32.2. The molecule has 1 heterocycles. The molecule has 0 aliphatic heterocycles. The fourth-order valence-electron chi connectivity index (χ4n) is 1.34. The maximum absolute atomic E-state index is 10.9. The van der Waals surface area contributed by atoms with Crippen LogP contribution >= 0.6 is 34.9 Å². The van der Waals surface area contributed by atoms with Gasteiger partial charge in [0.05, 0.1) is 20.8 Å². The van der Waals surface area contributed by atoms with E-state index in [1.165, 1.54) is 13.8 Å². The van der Waals surface area contributed by atoms with Gasteiger partial charge in [0.2, 0.25) is 11.8 Å². The van der Waals surface area contributed by atoms with Gasteiger partial charge in [0.25, 0.3) is 0 Å². The normalized spacial score (nSPS) is 11.2. The van der Waals surface area contributed by atoms with Crippen molar-refractivity contribution in [1.29, 1.82) is 0 Å². The van der Waals surface area contributed by atoms with Crippen LogP contribution in [0.5, 0.6) is 0 Å². The maximum Gasteiger partial charge on any atom is 0.236 e. The van der Waals surface area contributed by atoms with Crippen LogP contribution in [0.25, 0.3) is 0 Å². The predicted molar refractivity (Wildman–Crippen MR) is 90.7 cm³/mol. The second-order valence-corrected chi connectivity index (χ2v) is 6.94. The molecule has 0 aromatic carbocycles. The molecule has 0 saturated carbocycles. The van der Waals surface area contributed by atoms with E-state index in [9.17, 15) is 9.59 Å². The molecule has 2 N–H and O–H groups in total. The van der Waals surface area contributed by atoms with Gasteiger partial charge < -0.3 is 0 Å². The second-order valence-electron chi connectivity index (χ2n) is 3.76. The Morgan fingerprint density at radius 3 is 1.62 bits per heavy atom. The van der Waals surface area contributed by atoms with Crippen LogP contribution in [0.3, 0.4) is 0 Å². The molecule has 0 unspecified atom stereocenters. The molecule has 0 radical (unpaired) electrons. The number of thioether (sulfide) groups is 2. The highest BCUT2D eigenvalue weighted by molar-refractivity contribution is 8.02. The molecule has 0 atom stereocenters. The Morgan fingerprint density at radius 1 is 0.952 bits per heavy atom. The Labute approximate surface area is 135 Å². The van der Waals surface area contributed by atoms with Gasteiger partial charge in [-0.1, -0.05) is 0 Å². The van der Waals surface area contributed by atoms with Crippen molar-refractivity contribution in [2.24, 2.45) is 10.2 Å². The smallest absolute Gasteiger partial charge is 0.236 e. The summed E-state index contributed by atoms with van der Waals surface area (Å²) in [6.45, 7) is 2.79. The van der Waals surface area contributed by atoms with E-state index in [4.69, 9.17) is 0 Å². The van der Waals surface area contributed by atoms with Crippen molar-refractivity contribution in [2.45, 2.75) is 22.3 Å². The Balaban J connectivity index is 3.14. The Kier molecular flexibility index (Phi) is 7.48. The third-order valence-electron chi connectivity index (χ3n) is 2.12. The molecule has 1 aromatic heterocycles. The topological polar surface area (TPSA) is 82.9 Å². The van der Waals surface area contributed by atoms with E-state index in [2.05, 4.69) is 21.1 Å². The van der Waals surface area contributed by atoms with Gasteiger partial charge >= 0.3 is 0 Å². The standard InChI is InChI=1S/C12H16N4O2S3/c1-7(17)15-13-5-9-10(6-14-16-8(2)18)12(20-4)21-11(9)19-3/h5-6H,1-4H3,(H,15,17)(H,16,18)/b13-5+,14-6+. The summed E-state index contributed by atoms with van der Waals surface area (Å²) in [5.41, 5.74) is 6.51. The minimum atomic E-state index is -0.231. The minimum Gasteiger partial charge on any atom is -0.274 e. The summed E-state index contributed by atoms with van der Waals surface area (Å²) in [4.78, 5) is 21.8. The molecule has 0 fully saturated rings. The Morgan fingerprint density at radius 2 is 1.33 bits per heavy atom. The summed E-state index contributed by atoms with van der Waals surface area (Å²) in [6.07, 6.45) is 7.14. The fraction of sp³-hybridized carbons (Fsp3) is 0.333. The van der Waals surface area contributed by atoms with E-state index >= 15 is 0 Å². The molecular weight excluding hydrogens is 328 g/mol. The molecule has 0 spiro atoms. The summed E-state index contributed by atoms with van der Waals surface area (Å²) < 4.78 is 2.13. The molecule has 0 bridgehead atoms. The van der Waals surface area contributed by atoms with E-state index in [1.807, 2.05) is 12.5 Å². The van der Waals surface area contributed by atoms with E-state index < -0.39 is 0 Å². The SMILES string of the molecule is CSc1sc(SC)c(/C=N/NC(C)=O)c1/C=N/NC(C)=O. The van der Waals surface area contributed by atoms with Crippen LogP contribution in [-0.4, -0.2) is 36.8 Å².